The van der Waals surface area contributed by atoms with Crippen molar-refractivity contribution < 1.29 is 19.2 Å². The first-order valence-corrected chi connectivity index (χ1v) is 7.49. The van der Waals surface area contributed by atoms with Gasteiger partial charge in [0.05, 0.1) is 0 Å². The molecule has 1 heterocycles. The molecule has 2 aromatic rings. The lowest BCUT2D eigenvalue weighted by Crippen LogP contribution is -2.44. The highest BCUT2D eigenvalue weighted by Crippen LogP contribution is 2.20. The van der Waals surface area contributed by atoms with Gasteiger partial charge < -0.3 is 14.9 Å². The van der Waals surface area contributed by atoms with Crippen LogP contribution in [0.2, 0.25) is 0 Å². The maximum absolute atomic E-state index is 12.2. The van der Waals surface area contributed by atoms with Crippen molar-refractivity contribution in [2.24, 2.45) is 5.92 Å². The number of nitrogens with zero attached hydrogens (tertiary/aromatic N) is 1. The zero-order chi connectivity index (χ0) is 17.0. The van der Waals surface area contributed by atoms with Gasteiger partial charge in [-0.15, -0.1) is 0 Å². The van der Waals surface area contributed by atoms with E-state index < -0.39 is 17.9 Å². The van der Waals surface area contributed by atoms with Gasteiger partial charge in [-0.3, -0.25) is 4.79 Å². The van der Waals surface area contributed by atoms with Crippen molar-refractivity contribution in [3.8, 4) is 11.3 Å². The summed E-state index contributed by atoms with van der Waals surface area (Å²) in [5.41, 5.74) is 2.48. The molecule has 0 fully saturated rings. The number of nitrogens with one attached hydrogen (secondary N) is 1. The molecule has 23 heavy (non-hydrogen) atoms. The molecule has 0 spiro atoms. The second-order valence-corrected chi connectivity index (χ2v) is 5.62. The molecule has 6 heteroatoms. The van der Waals surface area contributed by atoms with Crippen molar-refractivity contribution >= 4 is 11.9 Å². The summed E-state index contributed by atoms with van der Waals surface area (Å²) < 4.78 is 5.05. The Morgan fingerprint density at radius 2 is 1.96 bits per heavy atom. The van der Waals surface area contributed by atoms with Gasteiger partial charge in [0, 0.05) is 11.6 Å². The van der Waals surface area contributed by atoms with Crippen LogP contribution in [0.5, 0.6) is 0 Å². The number of aromatic nitrogens is 1. The summed E-state index contributed by atoms with van der Waals surface area (Å²) in [5.74, 6) is -1.83. The summed E-state index contributed by atoms with van der Waals surface area (Å²) in [4.78, 5) is 23.4. The van der Waals surface area contributed by atoms with Gasteiger partial charge in [-0.1, -0.05) is 55.3 Å². The SMILES string of the molecule is CC[C@H](C)[C@H](NC(=O)c1cc(-c2ccc(C)cc2)no1)C(=O)O. The van der Waals surface area contributed by atoms with E-state index >= 15 is 0 Å². The Balaban J connectivity index is 2.14. The van der Waals surface area contributed by atoms with E-state index in [0.29, 0.717) is 12.1 Å². The second kappa shape index (κ2) is 7.09. The first-order valence-electron chi connectivity index (χ1n) is 7.49. The van der Waals surface area contributed by atoms with E-state index in [0.717, 1.165) is 11.1 Å². The minimum Gasteiger partial charge on any atom is -0.480 e. The fraction of sp³-hybridized carbons (Fsp3) is 0.353. The molecule has 1 aromatic heterocycles. The van der Waals surface area contributed by atoms with E-state index in [1.54, 1.807) is 6.92 Å². The fourth-order valence-corrected chi connectivity index (χ4v) is 2.14. The largest absolute Gasteiger partial charge is 0.480 e. The Labute approximate surface area is 134 Å². The third-order valence-corrected chi connectivity index (χ3v) is 3.85. The maximum Gasteiger partial charge on any atom is 0.326 e. The predicted octanol–water partition coefficient (Wildman–Crippen LogP) is 2.88. The molecule has 2 atom stereocenters. The Morgan fingerprint density at radius 3 is 2.52 bits per heavy atom. The number of amides is 1. The van der Waals surface area contributed by atoms with Gasteiger partial charge in [0.15, 0.2) is 0 Å². The number of benzene rings is 1. The molecule has 122 valence electrons. The zero-order valence-electron chi connectivity index (χ0n) is 13.4. The lowest BCUT2D eigenvalue weighted by Gasteiger charge is -2.19. The monoisotopic (exact) mass is 316 g/mol. The zero-order valence-corrected chi connectivity index (χ0v) is 13.4. The Bertz CT molecular complexity index is 691. The van der Waals surface area contributed by atoms with Gasteiger partial charge in [-0.05, 0) is 12.8 Å². The lowest BCUT2D eigenvalue weighted by molar-refractivity contribution is -0.140. The molecule has 2 N–H and O–H groups in total. The Morgan fingerprint density at radius 1 is 1.30 bits per heavy atom. The molecule has 1 amide bonds. The summed E-state index contributed by atoms with van der Waals surface area (Å²) in [6.45, 7) is 5.63. The fourth-order valence-electron chi connectivity index (χ4n) is 2.14. The highest BCUT2D eigenvalue weighted by molar-refractivity contribution is 5.95. The molecule has 2 rings (SSSR count). The molecule has 0 aliphatic carbocycles. The van der Waals surface area contributed by atoms with Crippen LogP contribution in [0, 0.1) is 12.8 Å². The number of carbonyl (C=O) groups is 2. The van der Waals surface area contributed by atoms with Crippen LogP contribution in [0.15, 0.2) is 34.9 Å². The molecule has 1 aromatic carbocycles. The van der Waals surface area contributed by atoms with Crippen LogP contribution < -0.4 is 5.32 Å². The van der Waals surface area contributed by atoms with Crippen LogP contribution in [-0.2, 0) is 4.79 Å². The standard InChI is InChI=1S/C17H20N2O4/c1-4-11(3)15(17(21)22)18-16(20)14-9-13(19-23-14)12-7-5-10(2)6-8-12/h5-9,11,15H,4H2,1-3H3,(H,18,20)(H,21,22)/t11-,15-/m0/s1. The molecule has 0 unspecified atom stereocenters. The van der Waals surface area contributed by atoms with Crippen molar-refractivity contribution in [1.82, 2.24) is 10.5 Å². The van der Waals surface area contributed by atoms with Gasteiger partial charge in [-0.2, -0.15) is 0 Å². The van der Waals surface area contributed by atoms with Gasteiger partial charge >= 0.3 is 5.97 Å². The Hall–Kier alpha value is -2.63. The molecule has 0 bridgehead atoms. The molecule has 0 saturated heterocycles. The van der Waals surface area contributed by atoms with Crippen LogP contribution in [0.3, 0.4) is 0 Å². The summed E-state index contributed by atoms with van der Waals surface area (Å²) in [6.07, 6.45) is 0.641. The van der Waals surface area contributed by atoms with Crippen molar-refractivity contribution in [3.05, 3.63) is 41.7 Å². The average molecular weight is 316 g/mol. The first-order chi connectivity index (χ1) is 10.9. The highest BCUT2D eigenvalue weighted by atomic mass is 16.5. The van der Waals surface area contributed by atoms with Crippen molar-refractivity contribution in [2.45, 2.75) is 33.2 Å². The summed E-state index contributed by atoms with van der Waals surface area (Å²) in [7, 11) is 0. The van der Waals surface area contributed by atoms with Crippen molar-refractivity contribution in [1.29, 1.82) is 0 Å². The quantitative estimate of drug-likeness (QED) is 0.855. The number of carbonyl (C=O) groups excluding carboxylic acids is 1. The van der Waals surface area contributed by atoms with E-state index in [9.17, 15) is 14.7 Å². The van der Waals surface area contributed by atoms with Gasteiger partial charge in [0.1, 0.15) is 11.7 Å². The van der Waals surface area contributed by atoms with Crippen LogP contribution in [0.4, 0.5) is 0 Å². The Kier molecular flexibility index (Phi) is 5.16. The highest BCUT2D eigenvalue weighted by Gasteiger charge is 2.27. The minimum absolute atomic E-state index is 0.00451. The van der Waals surface area contributed by atoms with E-state index in [2.05, 4.69) is 10.5 Å². The topological polar surface area (TPSA) is 92.4 Å². The lowest BCUT2D eigenvalue weighted by atomic mass is 9.99. The minimum atomic E-state index is -1.06. The van der Waals surface area contributed by atoms with Gasteiger partial charge in [0.25, 0.3) is 5.91 Å². The van der Waals surface area contributed by atoms with E-state index in [-0.39, 0.29) is 11.7 Å². The molecule has 0 aliphatic rings. The van der Waals surface area contributed by atoms with E-state index in [4.69, 9.17) is 4.52 Å². The maximum atomic E-state index is 12.2. The molecular formula is C17H20N2O4. The number of hydrogen-bond acceptors (Lipinski definition) is 4. The molecule has 0 aliphatic heterocycles. The van der Waals surface area contributed by atoms with Crippen LogP contribution in [0.25, 0.3) is 11.3 Å². The van der Waals surface area contributed by atoms with E-state index in [1.807, 2.05) is 38.1 Å². The number of aliphatic carboxylic acids is 1. The summed E-state index contributed by atoms with van der Waals surface area (Å²) in [6, 6.07) is 8.19. The third-order valence-electron chi connectivity index (χ3n) is 3.85. The third kappa shape index (κ3) is 3.97. The van der Waals surface area contributed by atoms with Crippen LogP contribution in [-0.4, -0.2) is 28.2 Å². The van der Waals surface area contributed by atoms with Crippen molar-refractivity contribution in [3.63, 3.8) is 0 Å². The van der Waals surface area contributed by atoms with Gasteiger partial charge in [-0.25, -0.2) is 4.79 Å². The molecule has 0 saturated carbocycles. The first kappa shape index (κ1) is 16.7. The van der Waals surface area contributed by atoms with Crippen molar-refractivity contribution in [2.75, 3.05) is 0 Å². The van der Waals surface area contributed by atoms with Crippen LogP contribution >= 0.6 is 0 Å². The van der Waals surface area contributed by atoms with Crippen LogP contribution in [0.1, 0.15) is 36.4 Å². The normalized spacial score (nSPS) is 13.3. The molecule has 6 nitrogen and oxygen atoms in total. The number of hydrogen-bond donors (Lipinski definition) is 2. The summed E-state index contributed by atoms with van der Waals surface area (Å²) >= 11 is 0. The average Bonchev–Trinajstić information content (AvgIpc) is 3.02. The predicted molar refractivity (Wildman–Crippen MR) is 85.0 cm³/mol. The number of carboxylic acids is 1. The number of aryl methyl sites for hydroxylation is 1. The smallest absolute Gasteiger partial charge is 0.326 e. The molecular weight excluding hydrogens is 296 g/mol. The van der Waals surface area contributed by atoms with E-state index in [1.165, 1.54) is 6.07 Å². The summed E-state index contributed by atoms with van der Waals surface area (Å²) in [5, 5.41) is 15.6. The second-order valence-electron chi connectivity index (χ2n) is 5.62. The number of rotatable bonds is 6. The van der Waals surface area contributed by atoms with Gasteiger partial charge in [0.2, 0.25) is 5.76 Å². The molecule has 0 radical (unpaired) electrons. The number of carboxylic acid groups (broad SMARTS) is 1.